The number of carbonyl (C=O) groups is 2. The van der Waals surface area contributed by atoms with Gasteiger partial charge in [0.05, 0.1) is 10.6 Å². The molecular weight excluding hydrogens is 570 g/mol. The first-order valence-electron chi connectivity index (χ1n) is 14.8. The number of sulfonamides is 1. The van der Waals surface area contributed by atoms with Crippen LogP contribution in [0.25, 0.3) is 0 Å². The van der Waals surface area contributed by atoms with Gasteiger partial charge in [-0.3, -0.25) is 13.9 Å². The number of aryl methyl sites for hydroxylation is 3. The monoisotopic (exact) mass is 611 g/mol. The zero-order chi connectivity index (χ0) is 31.9. The van der Waals surface area contributed by atoms with Gasteiger partial charge in [0.15, 0.2) is 0 Å². The lowest BCUT2D eigenvalue weighted by Gasteiger charge is -2.34. The van der Waals surface area contributed by atoms with Crippen molar-refractivity contribution in [3.8, 4) is 0 Å². The summed E-state index contributed by atoms with van der Waals surface area (Å²) in [6.07, 6.45) is 0.276. The van der Waals surface area contributed by atoms with Crippen molar-refractivity contribution in [2.24, 2.45) is 0 Å². The van der Waals surface area contributed by atoms with E-state index in [1.807, 2.05) is 95.3 Å². The topological polar surface area (TPSA) is 86.8 Å². The van der Waals surface area contributed by atoms with Gasteiger partial charge in [0, 0.05) is 19.5 Å². The van der Waals surface area contributed by atoms with Gasteiger partial charge in [-0.1, -0.05) is 90.0 Å². The van der Waals surface area contributed by atoms with E-state index in [1.165, 1.54) is 9.21 Å². The van der Waals surface area contributed by atoms with Crippen LogP contribution >= 0.6 is 0 Å². The second kappa shape index (κ2) is 14.4. The summed E-state index contributed by atoms with van der Waals surface area (Å²) < 4.78 is 29.7. The minimum Gasteiger partial charge on any atom is -0.355 e. The summed E-state index contributed by atoms with van der Waals surface area (Å²) in [4.78, 5) is 29.8. The molecule has 0 saturated carbocycles. The van der Waals surface area contributed by atoms with E-state index < -0.39 is 28.5 Å². The van der Waals surface area contributed by atoms with E-state index in [0.29, 0.717) is 12.2 Å². The molecule has 0 saturated heterocycles. The predicted octanol–water partition coefficient (Wildman–Crippen LogP) is 5.89. The molecule has 0 fully saturated rings. The average molecular weight is 612 g/mol. The molecule has 7 nitrogen and oxygen atoms in total. The van der Waals surface area contributed by atoms with E-state index in [2.05, 4.69) is 5.32 Å². The van der Waals surface area contributed by atoms with Crippen LogP contribution in [0.4, 0.5) is 5.69 Å². The zero-order valence-electron chi connectivity index (χ0n) is 26.1. The van der Waals surface area contributed by atoms with Crippen molar-refractivity contribution in [3.63, 3.8) is 0 Å². The van der Waals surface area contributed by atoms with Crippen molar-refractivity contribution >= 4 is 27.5 Å². The predicted molar refractivity (Wildman–Crippen MR) is 176 cm³/mol. The van der Waals surface area contributed by atoms with E-state index in [9.17, 15) is 18.0 Å². The molecule has 4 aromatic carbocycles. The van der Waals surface area contributed by atoms with Crippen LogP contribution in [-0.2, 0) is 32.6 Å². The summed E-state index contributed by atoms with van der Waals surface area (Å²) >= 11 is 0. The highest BCUT2D eigenvalue weighted by Crippen LogP contribution is 2.29. The second-order valence-electron chi connectivity index (χ2n) is 11.2. The van der Waals surface area contributed by atoms with Gasteiger partial charge in [0.1, 0.15) is 12.6 Å². The molecule has 8 heteroatoms. The Balaban J connectivity index is 1.83. The van der Waals surface area contributed by atoms with Crippen LogP contribution in [0.1, 0.15) is 40.3 Å². The van der Waals surface area contributed by atoms with Crippen LogP contribution in [0.15, 0.2) is 102 Å². The summed E-state index contributed by atoms with van der Waals surface area (Å²) in [5, 5.41) is 2.90. The van der Waals surface area contributed by atoms with Gasteiger partial charge in [-0.15, -0.1) is 0 Å². The second-order valence-corrected chi connectivity index (χ2v) is 13.0. The molecule has 4 aromatic rings. The number of hydrogen-bond acceptors (Lipinski definition) is 4. The Morgan fingerprint density at radius 2 is 1.43 bits per heavy atom. The van der Waals surface area contributed by atoms with Gasteiger partial charge in [-0.25, -0.2) is 8.42 Å². The number of benzene rings is 4. The highest BCUT2D eigenvalue weighted by molar-refractivity contribution is 7.92. The molecule has 2 amide bonds. The SMILES string of the molecule is CCNC(=O)[C@@H](Cc1ccccc1)N(Cc1cccc(C)c1)C(=O)CN(c1cccc(C)c1C)S(=O)(=O)c1ccc(C)cc1. The Bertz CT molecular complexity index is 1700. The first-order valence-corrected chi connectivity index (χ1v) is 16.3. The quantitative estimate of drug-likeness (QED) is 0.216. The third-order valence-corrected chi connectivity index (χ3v) is 9.56. The van der Waals surface area contributed by atoms with Crippen LogP contribution in [0.2, 0.25) is 0 Å². The molecule has 0 aromatic heterocycles. The number of nitrogens with one attached hydrogen (secondary N) is 1. The smallest absolute Gasteiger partial charge is 0.264 e. The maximum Gasteiger partial charge on any atom is 0.264 e. The number of hydrogen-bond donors (Lipinski definition) is 1. The Kier molecular flexibility index (Phi) is 10.6. The molecule has 0 heterocycles. The summed E-state index contributed by atoms with van der Waals surface area (Å²) in [7, 11) is -4.15. The molecule has 0 unspecified atom stereocenters. The highest BCUT2D eigenvalue weighted by atomic mass is 32.2. The average Bonchev–Trinajstić information content (AvgIpc) is 3.00. The molecule has 4 rings (SSSR count). The van der Waals surface area contributed by atoms with Crippen molar-refractivity contribution in [3.05, 3.63) is 130 Å². The Morgan fingerprint density at radius 1 is 0.773 bits per heavy atom. The van der Waals surface area contributed by atoms with Crippen LogP contribution in [-0.4, -0.2) is 44.3 Å². The molecule has 0 aliphatic heterocycles. The van der Waals surface area contributed by atoms with Gasteiger partial charge >= 0.3 is 0 Å². The van der Waals surface area contributed by atoms with Gasteiger partial charge in [-0.05, 0) is 75.1 Å². The van der Waals surface area contributed by atoms with Crippen molar-refractivity contribution in [1.82, 2.24) is 10.2 Å². The van der Waals surface area contributed by atoms with E-state index in [1.54, 1.807) is 36.4 Å². The van der Waals surface area contributed by atoms with Crippen LogP contribution in [0.3, 0.4) is 0 Å². The van der Waals surface area contributed by atoms with Gasteiger partial charge in [0.2, 0.25) is 11.8 Å². The number of amides is 2. The van der Waals surface area contributed by atoms with Gasteiger partial charge in [0.25, 0.3) is 10.0 Å². The number of anilines is 1. The molecule has 0 bridgehead atoms. The minimum absolute atomic E-state index is 0.0894. The number of likely N-dealkylation sites (N-methyl/N-ethyl adjacent to an activating group) is 1. The highest BCUT2D eigenvalue weighted by Gasteiger charge is 2.35. The van der Waals surface area contributed by atoms with E-state index in [0.717, 1.165) is 33.4 Å². The van der Waals surface area contributed by atoms with Crippen molar-refractivity contribution < 1.29 is 18.0 Å². The lowest BCUT2D eigenvalue weighted by atomic mass is 10.0. The van der Waals surface area contributed by atoms with Crippen molar-refractivity contribution in [2.75, 3.05) is 17.4 Å². The third-order valence-electron chi connectivity index (χ3n) is 7.79. The molecule has 0 aliphatic rings. The standard InChI is InChI=1S/C36H41N3O4S/c1-6-37-36(41)34(23-30-14-8-7-9-15-30)38(24-31-16-10-12-27(3)22-31)35(40)25-39(33-17-11-13-28(4)29(33)5)44(42,43)32-20-18-26(2)19-21-32/h7-22,34H,6,23-25H2,1-5H3,(H,37,41)/t34-/m1/s1. The maximum atomic E-state index is 14.5. The fraction of sp³-hybridized carbons (Fsp3) is 0.278. The molecule has 0 spiro atoms. The fourth-order valence-corrected chi connectivity index (χ4v) is 6.68. The van der Waals surface area contributed by atoms with E-state index in [4.69, 9.17) is 0 Å². The molecular formula is C36H41N3O4S. The van der Waals surface area contributed by atoms with Gasteiger partial charge < -0.3 is 10.2 Å². The van der Waals surface area contributed by atoms with Crippen LogP contribution in [0, 0.1) is 27.7 Å². The molecule has 1 N–H and O–H groups in total. The summed E-state index contributed by atoms with van der Waals surface area (Å²) in [6, 6.07) is 28.5. The summed E-state index contributed by atoms with van der Waals surface area (Å²) in [6.45, 7) is 9.51. The van der Waals surface area contributed by atoms with E-state index >= 15 is 0 Å². The molecule has 0 radical (unpaired) electrons. The molecule has 1 atom stereocenters. The Labute approximate surface area is 261 Å². The summed E-state index contributed by atoms with van der Waals surface area (Å²) in [5.41, 5.74) is 5.77. The van der Waals surface area contributed by atoms with Gasteiger partial charge in [-0.2, -0.15) is 0 Å². The Morgan fingerprint density at radius 3 is 2.09 bits per heavy atom. The number of rotatable bonds is 12. The van der Waals surface area contributed by atoms with E-state index in [-0.39, 0.29) is 23.8 Å². The van der Waals surface area contributed by atoms with Crippen molar-refractivity contribution in [2.45, 2.75) is 58.5 Å². The third kappa shape index (κ3) is 7.74. The first kappa shape index (κ1) is 32.5. The molecule has 44 heavy (non-hydrogen) atoms. The Hall–Kier alpha value is -4.43. The fourth-order valence-electron chi connectivity index (χ4n) is 5.21. The lowest BCUT2D eigenvalue weighted by Crippen LogP contribution is -2.53. The zero-order valence-corrected chi connectivity index (χ0v) is 26.9. The van der Waals surface area contributed by atoms with Crippen molar-refractivity contribution in [1.29, 1.82) is 0 Å². The normalized spacial score (nSPS) is 11.9. The first-order chi connectivity index (χ1) is 21.0. The number of carbonyl (C=O) groups excluding carboxylic acids is 2. The lowest BCUT2D eigenvalue weighted by molar-refractivity contribution is -0.140. The maximum absolute atomic E-state index is 14.5. The molecule has 0 aliphatic carbocycles. The minimum atomic E-state index is -4.15. The number of nitrogens with zero attached hydrogens (tertiary/aromatic N) is 2. The summed E-state index contributed by atoms with van der Waals surface area (Å²) in [5.74, 6) is -0.771. The largest absolute Gasteiger partial charge is 0.355 e. The van der Waals surface area contributed by atoms with Crippen LogP contribution in [0.5, 0.6) is 0 Å². The van der Waals surface area contributed by atoms with Crippen LogP contribution < -0.4 is 9.62 Å². The molecule has 230 valence electrons.